The molecule has 0 spiro atoms. The standard InChI is InChI=1S/C110H78N6/c1-13-39-79(40-14-1)111(80-41-15-2-16-42-80)91-67-71-95-96-72-68-93(113(83-47-21-5-22-48-83)84-49-23-6-24-50-84)77-103(96)110-104-78-94(114(85-51-25-7-26-52-85)86-53-27-8-28-54-86)70-74-98(104)97-73-69-92(112(81-43-17-3-18-44-81)82-45-19-4-20-46-82)76-102(97)109(110,101(95)75-91)107-99(63-37-65-105(107)115(87-55-29-9-30-56-87)88-57-31-10-32-58-88)100-64-38-66-106(108(100)110)116(89-59-33-11-34-60-89)90-61-35-12-36-62-90/h1-78H. The molecule has 116 heavy (non-hydrogen) atoms. The van der Waals surface area contributed by atoms with E-state index in [1.807, 2.05) is 0 Å². The topological polar surface area (TPSA) is 19.4 Å². The second kappa shape index (κ2) is 29.1. The largest absolute Gasteiger partial charge is 0.310 e. The average molecular weight is 1480 g/mol. The summed E-state index contributed by atoms with van der Waals surface area (Å²) in [6, 6.07) is 176. The van der Waals surface area contributed by atoms with Gasteiger partial charge in [0.05, 0.1) is 22.2 Å². The zero-order chi connectivity index (χ0) is 76.9. The zero-order valence-corrected chi connectivity index (χ0v) is 63.7. The SMILES string of the molecule is c1ccc(N(c2ccccc2)c2ccc3c(c2)C24c5cc(N(c6ccccc6)c6ccccc6)ccc5-c5ccc(N(c6ccccc6)c6ccccc6)cc5C2(c2cc(N(c5ccccc5)c5ccccc5)ccc2-3)c2c(cccc2N(c2ccccc2)c2ccccc2)-c2cccc(N(c3ccccc3)c3ccccc3)c24)cc1. The van der Waals surface area contributed by atoms with Gasteiger partial charge in [0.25, 0.3) is 0 Å². The predicted molar refractivity (Wildman–Crippen MR) is 483 cm³/mol. The van der Waals surface area contributed by atoms with Crippen molar-refractivity contribution in [1.29, 1.82) is 0 Å². The molecule has 548 valence electrons. The number of hydrogen-bond acceptors (Lipinski definition) is 6. The molecule has 0 bridgehead atoms. The molecule has 0 N–H and O–H groups in total. The smallest absolute Gasteiger partial charge is 0.0671 e. The van der Waals surface area contributed by atoms with Crippen molar-refractivity contribution in [2.75, 3.05) is 29.4 Å². The van der Waals surface area contributed by atoms with Gasteiger partial charge in [-0.05, 0) is 262 Å². The van der Waals surface area contributed by atoms with Crippen LogP contribution in [0, 0.1) is 0 Å². The number of fused-ring (bicyclic) bond motifs is 9. The van der Waals surface area contributed by atoms with Crippen LogP contribution in [0.2, 0.25) is 0 Å². The third-order valence-corrected chi connectivity index (χ3v) is 23.6. The normalized spacial score (nSPS) is 14.3. The van der Waals surface area contributed by atoms with E-state index in [9.17, 15) is 0 Å². The van der Waals surface area contributed by atoms with E-state index in [4.69, 9.17) is 0 Å². The number of benzene rings is 18. The Bertz CT molecular complexity index is 5660. The van der Waals surface area contributed by atoms with Crippen LogP contribution in [0.25, 0.3) is 33.4 Å². The van der Waals surface area contributed by atoms with Crippen molar-refractivity contribution < 1.29 is 0 Å². The van der Waals surface area contributed by atoms with Gasteiger partial charge in [-0.25, -0.2) is 0 Å². The van der Waals surface area contributed by atoms with Crippen molar-refractivity contribution >= 4 is 102 Å². The number of hydrogen-bond donors (Lipinski definition) is 0. The number of anilines is 18. The molecule has 0 amide bonds. The summed E-state index contributed by atoms with van der Waals surface area (Å²) < 4.78 is 0. The molecule has 0 aromatic heterocycles. The molecule has 18 aromatic carbocycles. The van der Waals surface area contributed by atoms with Crippen LogP contribution in [-0.4, -0.2) is 0 Å². The fourth-order valence-corrected chi connectivity index (χ4v) is 19.1. The molecule has 3 aliphatic carbocycles. The van der Waals surface area contributed by atoms with Crippen LogP contribution in [0.3, 0.4) is 0 Å². The van der Waals surface area contributed by atoms with Crippen molar-refractivity contribution in [2.45, 2.75) is 10.8 Å². The van der Waals surface area contributed by atoms with Crippen LogP contribution in [0.15, 0.2) is 473 Å². The van der Waals surface area contributed by atoms with Gasteiger partial charge < -0.3 is 29.4 Å². The van der Waals surface area contributed by atoms with Crippen LogP contribution >= 0.6 is 0 Å². The maximum atomic E-state index is 2.62. The van der Waals surface area contributed by atoms with Crippen LogP contribution in [0.5, 0.6) is 0 Å². The van der Waals surface area contributed by atoms with Gasteiger partial charge in [0.2, 0.25) is 0 Å². The van der Waals surface area contributed by atoms with Gasteiger partial charge in [-0.15, -0.1) is 0 Å². The third-order valence-electron chi connectivity index (χ3n) is 23.6. The molecule has 0 saturated carbocycles. The Hall–Kier alpha value is -15.2. The van der Waals surface area contributed by atoms with Gasteiger partial charge in [0.1, 0.15) is 0 Å². The van der Waals surface area contributed by atoms with E-state index in [1.165, 1.54) is 0 Å². The van der Waals surface area contributed by atoms with Gasteiger partial charge >= 0.3 is 0 Å². The summed E-state index contributed by atoms with van der Waals surface area (Å²) in [6.45, 7) is 0. The molecule has 6 nitrogen and oxygen atoms in total. The first-order valence-electron chi connectivity index (χ1n) is 39.9. The maximum Gasteiger partial charge on any atom is 0.0671 e. The molecular formula is C110H78N6. The molecule has 18 aromatic rings. The molecule has 0 aliphatic heterocycles. The average Bonchev–Trinajstić information content (AvgIpc) is 0.627. The zero-order valence-electron chi connectivity index (χ0n) is 63.7. The lowest BCUT2D eigenvalue weighted by Gasteiger charge is -2.63. The highest BCUT2D eigenvalue weighted by Crippen LogP contribution is 2.77. The van der Waals surface area contributed by atoms with E-state index < -0.39 is 10.8 Å². The highest BCUT2D eigenvalue weighted by atomic mass is 15.2. The molecule has 21 rings (SSSR count). The highest BCUT2D eigenvalue weighted by Gasteiger charge is 2.69. The second-order valence-corrected chi connectivity index (χ2v) is 29.9. The van der Waals surface area contributed by atoms with Crippen LogP contribution in [-0.2, 0) is 10.8 Å². The van der Waals surface area contributed by atoms with E-state index in [2.05, 4.69) is 503 Å². The Labute approximate surface area is 678 Å². The number of rotatable bonds is 18. The Morgan fingerprint density at radius 3 is 0.457 bits per heavy atom. The van der Waals surface area contributed by atoms with Gasteiger partial charge in [-0.2, -0.15) is 0 Å². The lowest BCUT2D eigenvalue weighted by atomic mass is 9.38. The fourth-order valence-electron chi connectivity index (χ4n) is 19.1. The minimum Gasteiger partial charge on any atom is -0.310 e. The van der Waals surface area contributed by atoms with Crippen LogP contribution in [0.4, 0.5) is 102 Å². The van der Waals surface area contributed by atoms with E-state index in [0.717, 1.165) is 169 Å². The summed E-state index contributed by atoms with van der Waals surface area (Å²) in [6.07, 6.45) is 0. The van der Waals surface area contributed by atoms with Gasteiger partial charge in [-0.3, -0.25) is 0 Å². The minimum atomic E-state index is -1.36. The first-order chi connectivity index (χ1) is 57.6. The van der Waals surface area contributed by atoms with Crippen molar-refractivity contribution in [1.82, 2.24) is 0 Å². The summed E-state index contributed by atoms with van der Waals surface area (Å²) in [5.74, 6) is 0. The molecule has 0 radical (unpaired) electrons. The number of para-hydroxylation sites is 12. The lowest BCUT2D eigenvalue weighted by molar-refractivity contribution is 0.407. The van der Waals surface area contributed by atoms with Gasteiger partial charge in [-0.1, -0.05) is 267 Å². The summed E-state index contributed by atoms with van der Waals surface area (Å²) in [5.41, 5.74) is 29.3. The van der Waals surface area contributed by atoms with Crippen molar-refractivity contribution in [3.63, 3.8) is 0 Å². The molecule has 0 atom stereocenters. The minimum absolute atomic E-state index is 1.01. The Balaban J connectivity index is 1.05. The van der Waals surface area contributed by atoms with E-state index in [-0.39, 0.29) is 0 Å². The lowest BCUT2D eigenvalue weighted by Crippen LogP contribution is -2.59. The maximum absolute atomic E-state index is 2.62. The van der Waals surface area contributed by atoms with Crippen LogP contribution < -0.4 is 29.4 Å². The molecular weight excluding hydrogens is 1410 g/mol. The predicted octanol–water partition coefficient (Wildman–Crippen LogP) is 29.8. The Morgan fingerprint density at radius 2 is 0.284 bits per heavy atom. The molecule has 0 fully saturated rings. The second-order valence-electron chi connectivity index (χ2n) is 29.9. The number of nitrogens with zero attached hydrogens (tertiary/aromatic N) is 6. The summed E-state index contributed by atoms with van der Waals surface area (Å²) in [7, 11) is 0. The van der Waals surface area contributed by atoms with Crippen LogP contribution in [0.1, 0.15) is 33.4 Å². The summed E-state index contributed by atoms with van der Waals surface area (Å²) >= 11 is 0. The Kier molecular flexibility index (Phi) is 17.3. The first kappa shape index (κ1) is 68.8. The third kappa shape index (κ3) is 11.2. The van der Waals surface area contributed by atoms with E-state index in [1.54, 1.807) is 0 Å². The Morgan fingerprint density at radius 1 is 0.121 bits per heavy atom. The van der Waals surface area contributed by atoms with E-state index in [0.29, 0.717) is 0 Å². The molecule has 0 saturated heterocycles. The quantitative estimate of drug-likeness (QED) is 0.0847. The van der Waals surface area contributed by atoms with Gasteiger partial charge in [0, 0.05) is 102 Å². The van der Waals surface area contributed by atoms with Crippen molar-refractivity contribution in [3.05, 3.63) is 507 Å². The van der Waals surface area contributed by atoms with Crippen molar-refractivity contribution in [2.24, 2.45) is 0 Å². The van der Waals surface area contributed by atoms with E-state index >= 15 is 0 Å². The van der Waals surface area contributed by atoms with Gasteiger partial charge in [0.15, 0.2) is 0 Å². The highest BCUT2D eigenvalue weighted by molar-refractivity contribution is 6.07. The summed E-state index contributed by atoms with van der Waals surface area (Å²) in [5, 5.41) is 0. The summed E-state index contributed by atoms with van der Waals surface area (Å²) in [4.78, 5) is 15.0. The first-order valence-corrected chi connectivity index (χ1v) is 39.9. The monoisotopic (exact) mass is 1480 g/mol. The molecule has 0 heterocycles. The molecule has 3 aliphatic rings. The van der Waals surface area contributed by atoms with Crippen molar-refractivity contribution in [3.8, 4) is 33.4 Å². The molecule has 6 heteroatoms. The fraction of sp³-hybridized carbons (Fsp3) is 0.0182. The molecule has 0 unspecified atom stereocenters.